The second kappa shape index (κ2) is 7.89. The average Bonchev–Trinajstić information content (AvgIpc) is 3.03. The highest BCUT2D eigenvalue weighted by molar-refractivity contribution is 8.14. The molecule has 0 saturated carbocycles. The number of aromatic nitrogens is 1. The molecule has 1 atom stereocenters. The highest BCUT2D eigenvalue weighted by Crippen LogP contribution is 2.29. The van der Waals surface area contributed by atoms with Gasteiger partial charge < -0.3 is 4.74 Å². The lowest BCUT2D eigenvalue weighted by molar-refractivity contribution is 0.0998. The van der Waals surface area contributed by atoms with Gasteiger partial charge in [0.05, 0.1) is 18.3 Å². The molecule has 0 N–H and O–H groups in total. The molecule has 1 aromatic carbocycles. The highest BCUT2D eigenvalue weighted by Gasteiger charge is 2.29. The van der Waals surface area contributed by atoms with Crippen LogP contribution in [0.25, 0.3) is 0 Å². The van der Waals surface area contributed by atoms with Crippen LogP contribution in [0.4, 0.5) is 5.69 Å². The molecule has 0 spiro atoms. The van der Waals surface area contributed by atoms with Crippen molar-refractivity contribution in [3.63, 3.8) is 0 Å². The van der Waals surface area contributed by atoms with Gasteiger partial charge in [-0.05, 0) is 50.2 Å². The van der Waals surface area contributed by atoms with Gasteiger partial charge in [-0.2, -0.15) is 0 Å². The van der Waals surface area contributed by atoms with Crippen molar-refractivity contribution in [2.24, 2.45) is 4.99 Å². The van der Waals surface area contributed by atoms with Crippen LogP contribution in [-0.2, 0) is 0 Å². The lowest BCUT2D eigenvalue weighted by atomic mass is 10.2. The number of amidine groups is 1. The Hall–Kier alpha value is -2.05. The van der Waals surface area contributed by atoms with E-state index < -0.39 is 0 Å². The Morgan fingerprint density at radius 1 is 1.36 bits per heavy atom. The topological polar surface area (TPSA) is 54.8 Å². The van der Waals surface area contributed by atoms with Gasteiger partial charge in [-0.3, -0.25) is 14.7 Å². The summed E-state index contributed by atoms with van der Waals surface area (Å²) in [6.07, 6.45) is 1.61. The standard InChI is InChI=1S/C18H18ClN3O2S/c1-3-24-16-15(5-4-10-20-16)17(23)22(18-21-12(2)11-25-18)14-8-6-13(19)7-9-14/h4-10,12H,3,11H2,1-2H3. The van der Waals surface area contributed by atoms with E-state index in [4.69, 9.17) is 16.3 Å². The van der Waals surface area contributed by atoms with Crippen molar-refractivity contribution in [1.29, 1.82) is 0 Å². The number of ether oxygens (including phenoxy) is 1. The van der Waals surface area contributed by atoms with Gasteiger partial charge in [0.25, 0.3) is 5.91 Å². The number of rotatable bonds is 4. The van der Waals surface area contributed by atoms with Gasteiger partial charge in [-0.25, -0.2) is 4.98 Å². The van der Waals surface area contributed by atoms with E-state index in [0.29, 0.717) is 33.9 Å². The maximum Gasteiger partial charge on any atom is 0.269 e. The monoisotopic (exact) mass is 375 g/mol. The smallest absolute Gasteiger partial charge is 0.269 e. The normalized spacial score (nSPS) is 16.4. The first-order valence-electron chi connectivity index (χ1n) is 7.98. The van der Waals surface area contributed by atoms with Crippen LogP contribution in [-0.4, -0.2) is 34.5 Å². The summed E-state index contributed by atoms with van der Waals surface area (Å²) < 4.78 is 5.52. The molecule has 0 saturated heterocycles. The number of carbonyl (C=O) groups is 1. The van der Waals surface area contributed by atoms with E-state index in [9.17, 15) is 4.79 Å². The summed E-state index contributed by atoms with van der Waals surface area (Å²) in [5.41, 5.74) is 1.11. The first-order chi connectivity index (χ1) is 12.1. The number of anilines is 1. The Morgan fingerprint density at radius 2 is 2.12 bits per heavy atom. The average molecular weight is 376 g/mol. The number of pyridine rings is 1. The highest BCUT2D eigenvalue weighted by atomic mass is 35.5. The molecule has 1 aliphatic rings. The molecule has 0 fully saturated rings. The Bertz CT molecular complexity index is 795. The van der Waals surface area contributed by atoms with Crippen LogP contribution in [0.2, 0.25) is 5.02 Å². The lowest BCUT2D eigenvalue weighted by Crippen LogP contribution is -2.35. The number of thioether (sulfide) groups is 1. The summed E-state index contributed by atoms with van der Waals surface area (Å²) in [6, 6.07) is 10.7. The minimum Gasteiger partial charge on any atom is -0.477 e. The Balaban J connectivity index is 2.04. The summed E-state index contributed by atoms with van der Waals surface area (Å²) >= 11 is 7.55. The summed E-state index contributed by atoms with van der Waals surface area (Å²) in [4.78, 5) is 23.7. The number of amides is 1. The molecule has 5 nitrogen and oxygen atoms in total. The van der Waals surface area contributed by atoms with Crippen LogP contribution in [0.3, 0.4) is 0 Å². The molecule has 7 heteroatoms. The fraction of sp³-hybridized carbons (Fsp3) is 0.278. The van der Waals surface area contributed by atoms with E-state index in [1.807, 2.05) is 26.0 Å². The van der Waals surface area contributed by atoms with Crippen LogP contribution >= 0.6 is 23.4 Å². The molecule has 2 heterocycles. The minimum atomic E-state index is -0.223. The van der Waals surface area contributed by atoms with E-state index in [1.165, 1.54) is 0 Å². The maximum absolute atomic E-state index is 13.3. The summed E-state index contributed by atoms with van der Waals surface area (Å²) in [6.45, 7) is 4.32. The molecule has 0 radical (unpaired) electrons. The lowest BCUT2D eigenvalue weighted by Gasteiger charge is -2.23. The summed E-state index contributed by atoms with van der Waals surface area (Å²) in [5, 5.41) is 1.29. The van der Waals surface area contributed by atoms with Crippen molar-refractivity contribution in [2.45, 2.75) is 19.9 Å². The third-order valence-corrected chi connectivity index (χ3v) is 4.99. The molecule has 1 unspecified atom stereocenters. The minimum absolute atomic E-state index is 0.169. The molecule has 0 bridgehead atoms. The Kier molecular flexibility index (Phi) is 5.60. The first kappa shape index (κ1) is 17.8. The molecule has 130 valence electrons. The van der Waals surface area contributed by atoms with Crippen molar-refractivity contribution in [1.82, 2.24) is 4.98 Å². The number of hydrogen-bond donors (Lipinski definition) is 0. The fourth-order valence-corrected chi connectivity index (χ4v) is 3.57. The van der Waals surface area contributed by atoms with E-state index in [2.05, 4.69) is 9.98 Å². The van der Waals surface area contributed by atoms with Gasteiger partial charge in [0.2, 0.25) is 5.88 Å². The van der Waals surface area contributed by atoms with Gasteiger partial charge in [-0.1, -0.05) is 23.4 Å². The van der Waals surface area contributed by atoms with Crippen LogP contribution in [0.15, 0.2) is 47.6 Å². The van der Waals surface area contributed by atoms with Crippen molar-refractivity contribution in [3.8, 4) is 5.88 Å². The van der Waals surface area contributed by atoms with Crippen LogP contribution in [0, 0.1) is 0 Å². The molecular formula is C18H18ClN3O2S. The van der Waals surface area contributed by atoms with Crippen molar-refractivity contribution < 1.29 is 9.53 Å². The molecule has 1 amide bonds. The molecule has 3 rings (SSSR count). The van der Waals surface area contributed by atoms with Gasteiger partial charge >= 0.3 is 0 Å². The number of nitrogens with zero attached hydrogens (tertiary/aromatic N) is 3. The molecular weight excluding hydrogens is 358 g/mol. The maximum atomic E-state index is 13.3. The third kappa shape index (κ3) is 3.96. The van der Waals surface area contributed by atoms with E-state index in [0.717, 1.165) is 5.75 Å². The third-order valence-electron chi connectivity index (χ3n) is 3.55. The van der Waals surface area contributed by atoms with E-state index in [1.54, 1.807) is 47.1 Å². The van der Waals surface area contributed by atoms with Crippen molar-refractivity contribution in [3.05, 3.63) is 53.2 Å². The van der Waals surface area contributed by atoms with Crippen molar-refractivity contribution in [2.75, 3.05) is 17.3 Å². The number of hydrogen-bond acceptors (Lipinski definition) is 5. The Labute approximate surface area is 156 Å². The zero-order valence-electron chi connectivity index (χ0n) is 14.0. The van der Waals surface area contributed by atoms with Crippen molar-refractivity contribution >= 4 is 40.1 Å². The molecule has 1 aliphatic heterocycles. The van der Waals surface area contributed by atoms with E-state index in [-0.39, 0.29) is 11.9 Å². The molecule has 25 heavy (non-hydrogen) atoms. The van der Waals surface area contributed by atoms with Crippen LogP contribution in [0.1, 0.15) is 24.2 Å². The number of halogens is 1. The predicted octanol–water partition coefficient (Wildman–Crippen LogP) is 4.27. The zero-order chi connectivity index (χ0) is 17.8. The van der Waals surface area contributed by atoms with Gasteiger partial charge in [0.15, 0.2) is 5.17 Å². The molecule has 2 aromatic rings. The predicted molar refractivity (Wildman–Crippen MR) is 103 cm³/mol. The first-order valence-corrected chi connectivity index (χ1v) is 9.35. The van der Waals surface area contributed by atoms with Gasteiger partial charge in [-0.15, -0.1) is 0 Å². The summed E-state index contributed by atoms with van der Waals surface area (Å²) in [5.74, 6) is 0.947. The quantitative estimate of drug-likeness (QED) is 0.800. The SMILES string of the molecule is CCOc1ncccc1C(=O)N(C1=NC(C)CS1)c1ccc(Cl)cc1. The second-order valence-corrected chi connectivity index (χ2v) is 6.90. The number of carbonyl (C=O) groups excluding carboxylic acids is 1. The van der Waals surface area contributed by atoms with E-state index >= 15 is 0 Å². The zero-order valence-corrected chi connectivity index (χ0v) is 15.5. The molecule has 1 aromatic heterocycles. The largest absolute Gasteiger partial charge is 0.477 e. The number of benzene rings is 1. The number of aliphatic imine (C=N–C) groups is 1. The Morgan fingerprint density at radius 3 is 2.76 bits per heavy atom. The molecule has 0 aliphatic carbocycles. The van der Waals surface area contributed by atoms with Gasteiger partial charge in [0, 0.05) is 17.0 Å². The second-order valence-electron chi connectivity index (χ2n) is 5.48. The van der Waals surface area contributed by atoms with Crippen LogP contribution < -0.4 is 9.64 Å². The van der Waals surface area contributed by atoms with Crippen LogP contribution in [0.5, 0.6) is 5.88 Å². The fourth-order valence-electron chi connectivity index (χ4n) is 2.41. The van der Waals surface area contributed by atoms with Gasteiger partial charge in [0.1, 0.15) is 5.56 Å². The summed E-state index contributed by atoms with van der Waals surface area (Å²) in [7, 11) is 0.